The number of carbonyl (C=O) groups excluding carboxylic acids is 2. The first-order chi connectivity index (χ1) is 14.8. The molecular weight excluding hydrogens is 400 g/mol. The van der Waals surface area contributed by atoms with Crippen LogP contribution in [0.3, 0.4) is 0 Å². The smallest absolute Gasteiger partial charge is 0.280 e. The molecule has 10 nitrogen and oxygen atoms in total. The first-order valence-electron chi connectivity index (χ1n) is 9.42. The zero-order chi connectivity index (χ0) is 22.5. The van der Waals surface area contributed by atoms with Crippen molar-refractivity contribution in [2.45, 2.75) is 20.4 Å². The molecule has 0 saturated heterocycles. The maximum Gasteiger partial charge on any atom is 0.280 e. The minimum Gasteiger partial charge on any atom is -0.497 e. The van der Waals surface area contributed by atoms with Gasteiger partial charge in [-0.3, -0.25) is 9.59 Å². The zero-order valence-electron chi connectivity index (χ0n) is 17.7. The lowest BCUT2D eigenvalue weighted by Gasteiger charge is -2.11. The fraction of sp³-hybridized carbons (Fsp3) is 0.238. The summed E-state index contributed by atoms with van der Waals surface area (Å²) in [7, 11) is 3.01. The van der Waals surface area contributed by atoms with E-state index in [1.807, 2.05) is 32.0 Å². The summed E-state index contributed by atoms with van der Waals surface area (Å²) in [6.07, 6.45) is 0. The SMILES string of the molecule is COc1ccc(NC(=O)c2nnn(CC(=O)Nc3cccc(C)c3C)c2N)c(OC)c1. The van der Waals surface area contributed by atoms with E-state index < -0.39 is 5.91 Å². The molecule has 2 aromatic carbocycles. The summed E-state index contributed by atoms with van der Waals surface area (Å²) in [6.45, 7) is 3.69. The van der Waals surface area contributed by atoms with Crippen LogP contribution in [0, 0.1) is 13.8 Å². The number of methoxy groups -OCH3 is 2. The third kappa shape index (κ3) is 4.74. The highest BCUT2D eigenvalue weighted by atomic mass is 16.5. The maximum absolute atomic E-state index is 12.6. The number of rotatable bonds is 7. The molecule has 0 atom stereocenters. The number of nitrogens with zero attached hydrogens (tertiary/aromatic N) is 3. The van der Waals surface area contributed by atoms with Crippen molar-refractivity contribution in [2.75, 3.05) is 30.6 Å². The molecule has 3 aromatic rings. The number of carbonyl (C=O) groups is 2. The van der Waals surface area contributed by atoms with Crippen molar-refractivity contribution < 1.29 is 19.1 Å². The Labute approximate surface area is 179 Å². The van der Waals surface area contributed by atoms with E-state index in [0.717, 1.165) is 11.1 Å². The molecule has 0 saturated carbocycles. The van der Waals surface area contributed by atoms with Crippen molar-refractivity contribution in [1.29, 1.82) is 0 Å². The van der Waals surface area contributed by atoms with E-state index in [9.17, 15) is 9.59 Å². The molecule has 162 valence electrons. The van der Waals surface area contributed by atoms with Crippen LogP contribution in [0.5, 0.6) is 11.5 Å². The van der Waals surface area contributed by atoms with Crippen molar-refractivity contribution >= 4 is 29.0 Å². The number of aryl methyl sites for hydroxylation is 1. The fourth-order valence-corrected chi connectivity index (χ4v) is 2.89. The molecule has 2 amide bonds. The van der Waals surface area contributed by atoms with Gasteiger partial charge in [0.1, 0.15) is 18.0 Å². The molecule has 0 spiro atoms. The Morgan fingerprint density at radius 2 is 1.84 bits per heavy atom. The van der Waals surface area contributed by atoms with Crippen LogP contribution in [-0.2, 0) is 11.3 Å². The number of hydrogen-bond acceptors (Lipinski definition) is 7. The maximum atomic E-state index is 12.6. The summed E-state index contributed by atoms with van der Waals surface area (Å²) in [5.74, 6) is 0.0408. The second-order valence-electron chi connectivity index (χ2n) is 6.80. The number of ether oxygens (including phenoxy) is 2. The largest absolute Gasteiger partial charge is 0.497 e. The van der Waals surface area contributed by atoms with Gasteiger partial charge >= 0.3 is 0 Å². The summed E-state index contributed by atoms with van der Waals surface area (Å²) in [5.41, 5.74) is 9.06. The number of aromatic nitrogens is 3. The van der Waals surface area contributed by atoms with Crippen LogP contribution in [-0.4, -0.2) is 41.0 Å². The molecule has 3 rings (SSSR count). The van der Waals surface area contributed by atoms with Crippen molar-refractivity contribution in [3.05, 3.63) is 53.2 Å². The molecule has 31 heavy (non-hydrogen) atoms. The molecule has 0 bridgehead atoms. The van der Waals surface area contributed by atoms with Crippen molar-refractivity contribution in [3.8, 4) is 11.5 Å². The Morgan fingerprint density at radius 3 is 2.55 bits per heavy atom. The number of hydrogen-bond donors (Lipinski definition) is 3. The number of nitrogen functional groups attached to an aromatic ring is 1. The van der Waals surface area contributed by atoms with Gasteiger partial charge in [0.25, 0.3) is 5.91 Å². The molecule has 0 aliphatic heterocycles. The fourth-order valence-electron chi connectivity index (χ4n) is 2.89. The average Bonchev–Trinajstić information content (AvgIpc) is 3.11. The second-order valence-corrected chi connectivity index (χ2v) is 6.80. The van der Waals surface area contributed by atoms with Gasteiger partial charge in [-0.05, 0) is 43.2 Å². The van der Waals surface area contributed by atoms with E-state index in [0.29, 0.717) is 22.9 Å². The van der Waals surface area contributed by atoms with Crippen LogP contribution in [0.2, 0.25) is 0 Å². The third-order valence-electron chi connectivity index (χ3n) is 4.82. The number of anilines is 3. The quantitative estimate of drug-likeness (QED) is 0.530. The monoisotopic (exact) mass is 424 g/mol. The molecule has 0 radical (unpaired) electrons. The zero-order valence-corrected chi connectivity index (χ0v) is 17.7. The lowest BCUT2D eigenvalue weighted by Crippen LogP contribution is -2.22. The van der Waals surface area contributed by atoms with Crippen molar-refractivity contribution in [3.63, 3.8) is 0 Å². The summed E-state index contributed by atoms with van der Waals surface area (Å²) in [5, 5.41) is 13.2. The summed E-state index contributed by atoms with van der Waals surface area (Å²) >= 11 is 0. The van der Waals surface area contributed by atoms with Gasteiger partial charge in [-0.2, -0.15) is 0 Å². The van der Waals surface area contributed by atoms with Crippen LogP contribution in [0.1, 0.15) is 21.6 Å². The van der Waals surface area contributed by atoms with Gasteiger partial charge in [-0.25, -0.2) is 4.68 Å². The number of nitrogens with one attached hydrogen (secondary N) is 2. The first kappa shape index (κ1) is 21.6. The standard InChI is InChI=1S/C21H24N6O4/c1-12-6-5-7-15(13(12)2)23-18(28)11-27-20(22)19(25-26-27)21(29)24-16-9-8-14(30-3)10-17(16)31-4/h5-10H,11,22H2,1-4H3,(H,23,28)(H,24,29). The van der Waals surface area contributed by atoms with Crippen molar-refractivity contribution in [2.24, 2.45) is 0 Å². The Bertz CT molecular complexity index is 1130. The first-order valence-corrected chi connectivity index (χ1v) is 9.42. The highest BCUT2D eigenvalue weighted by molar-refractivity contribution is 6.06. The lowest BCUT2D eigenvalue weighted by molar-refractivity contribution is -0.116. The summed E-state index contributed by atoms with van der Waals surface area (Å²) in [4.78, 5) is 25.1. The average molecular weight is 424 g/mol. The minimum atomic E-state index is -0.581. The van der Waals surface area contributed by atoms with E-state index >= 15 is 0 Å². The van der Waals surface area contributed by atoms with Crippen molar-refractivity contribution in [1.82, 2.24) is 15.0 Å². The predicted octanol–water partition coefficient (Wildman–Crippen LogP) is 2.39. The molecular formula is C21H24N6O4. The Balaban J connectivity index is 1.71. The molecule has 0 aliphatic rings. The molecule has 4 N–H and O–H groups in total. The van der Waals surface area contributed by atoms with Gasteiger partial charge in [0, 0.05) is 11.8 Å². The Kier molecular flexibility index (Phi) is 6.39. The van der Waals surface area contributed by atoms with Gasteiger partial charge < -0.3 is 25.8 Å². The van der Waals surface area contributed by atoms with Crippen LogP contribution in [0.4, 0.5) is 17.2 Å². The molecule has 0 fully saturated rings. The molecule has 0 unspecified atom stereocenters. The highest BCUT2D eigenvalue weighted by Gasteiger charge is 2.20. The van der Waals surface area contributed by atoms with Crippen LogP contribution in [0.25, 0.3) is 0 Å². The molecule has 1 heterocycles. The van der Waals surface area contributed by atoms with Crippen LogP contribution >= 0.6 is 0 Å². The number of nitrogens with two attached hydrogens (primary N) is 1. The Morgan fingerprint density at radius 1 is 1.06 bits per heavy atom. The topological polar surface area (TPSA) is 133 Å². The van der Waals surface area contributed by atoms with E-state index in [1.165, 1.54) is 18.9 Å². The van der Waals surface area contributed by atoms with Crippen LogP contribution in [0.15, 0.2) is 36.4 Å². The predicted molar refractivity (Wildman–Crippen MR) is 116 cm³/mol. The van der Waals surface area contributed by atoms with E-state index in [2.05, 4.69) is 20.9 Å². The number of amides is 2. The lowest BCUT2D eigenvalue weighted by atomic mass is 10.1. The van der Waals surface area contributed by atoms with Gasteiger partial charge in [-0.15, -0.1) is 5.10 Å². The van der Waals surface area contributed by atoms with Crippen LogP contribution < -0.4 is 25.8 Å². The summed E-state index contributed by atoms with van der Waals surface area (Å²) < 4.78 is 11.6. The third-order valence-corrected chi connectivity index (χ3v) is 4.82. The summed E-state index contributed by atoms with van der Waals surface area (Å²) in [6, 6.07) is 10.6. The van der Waals surface area contributed by atoms with Gasteiger partial charge in [0.2, 0.25) is 5.91 Å². The number of benzene rings is 2. The molecule has 0 aliphatic carbocycles. The van der Waals surface area contributed by atoms with Gasteiger partial charge in [-0.1, -0.05) is 17.3 Å². The second kappa shape index (κ2) is 9.16. The van der Waals surface area contributed by atoms with E-state index in [1.54, 1.807) is 18.2 Å². The Hall–Kier alpha value is -4.08. The van der Waals surface area contributed by atoms with E-state index in [-0.39, 0.29) is 24.0 Å². The highest BCUT2D eigenvalue weighted by Crippen LogP contribution is 2.29. The molecule has 10 heteroatoms. The molecule has 1 aromatic heterocycles. The van der Waals surface area contributed by atoms with E-state index in [4.69, 9.17) is 15.2 Å². The normalized spacial score (nSPS) is 10.5. The van der Waals surface area contributed by atoms with Gasteiger partial charge in [0.15, 0.2) is 11.5 Å². The van der Waals surface area contributed by atoms with Gasteiger partial charge in [0.05, 0.1) is 19.9 Å². The minimum absolute atomic E-state index is 0.0268.